The van der Waals surface area contributed by atoms with Gasteiger partial charge in [-0.15, -0.1) is 11.3 Å². The summed E-state index contributed by atoms with van der Waals surface area (Å²) in [5, 5.41) is 7.55. The average Bonchev–Trinajstić information content (AvgIpc) is 2.73. The van der Waals surface area contributed by atoms with Gasteiger partial charge in [0, 0.05) is 41.8 Å². The van der Waals surface area contributed by atoms with Crippen LogP contribution >= 0.6 is 11.3 Å². The van der Waals surface area contributed by atoms with Gasteiger partial charge in [0.1, 0.15) is 0 Å². The van der Waals surface area contributed by atoms with E-state index >= 15 is 0 Å². The lowest BCUT2D eigenvalue weighted by molar-refractivity contribution is 0.697. The summed E-state index contributed by atoms with van der Waals surface area (Å²) in [5.74, 6) is 0. The molecule has 0 aliphatic carbocycles. The van der Waals surface area contributed by atoms with Crippen LogP contribution in [0.2, 0.25) is 0 Å². The van der Waals surface area contributed by atoms with E-state index in [9.17, 15) is 0 Å². The van der Waals surface area contributed by atoms with Crippen molar-refractivity contribution >= 4 is 11.3 Å². The molecule has 0 aliphatic rings. The van der Waals surface area contributed by atoms with Crippen molar-refractivity contribution in [2.24, 2.45) is 12.8 Å². The first kappa shape index (κ1) is 12.3. The number of aryl methyl sites for hydroxylation is 3. The smallest absolute Gasteiger partial charge is 0.0947 e. The standard InChI is InChI=1S/C12H18N4S/c1-7-6-17-11(14-7)5-10(13)12-8(2)15-16(4)9(12)3/h6,10H,5,13H2,1-4H3. The zero-order valence-electron chi connectivity index (χ0n) is 10.7. The van der Waals surface area contributed by atoms with Crippen molar-refractivity contribution in [2.45, 2.75) is 33.2 Å². The van der Waals surface area contributed by atoms with Crippen molar-refractivity contribution in [1.29, 1.82) is 0 Å². The molecule has 92 valence electrons. The van der Waals surface area contributed by atoms with E-state index in [1.807, 2.05) is 25.6 Å². The lowest BCUT2D eigenvalue weighted by Crippen LogP contribution is -2.15. The molecule has 2 rings (SSSR count). The van der Waals surface area contributed by atoms with Crippen LogP contribution in [0.1, 0.15) is 33.7 Å². The van der Waals surface area contributed by atoms with Gasteiger partial charge in [0.2, 0.25) is 0 Å². The second-order valence-corrected chi connectivity index (χ2v) is 5.34. The summed E-state index contributed by atoms with van der Waals surface area (Å²) in [6, 6.07) is -0.0192. The van der Waals surface area contributed by atoms with E-state index in [0.29, 0.717) is 0 Å². The summed E-state index contributed by atoms with van der Waals surface area (Å²) in [6.07, 6.45) is 0.784. The molecule has 0 amide bonds. The number of thiazole rings is 1. The van der Waals surface area contributed by atoms with Crippen molar-refractivity contribution in [2.75, 3.05) is 0 Å². The van der Waals surface area contributed by atoms with Crippen LogP contribution in [0.15, 0.2) is 5.38 Å². The van der Waals surface area contributed by atoms with Gasteiger partial charge in [0.15, 0.2) is 0 Å². The zero-order valence-corrected chi connectivity index (χ0v) is 11.5. The largest absolute Gasteiger partial charge is 0.323 e. The fraction of sp³-hybridized carbons (Fsp3) is 0.500. The third-order valence-corrected chi connectivity index (χ3v) is 3.99. The van der Waals surface area contributed by atoms with E-state index in [0.717, 1.165) is 34.1 Å². The van der Waals surface area contributed by atoms with Crippen LogP contribution in [0.25, 0.3) is 0 Å². The van der Waals surface area contributed by atoms with Crippen LogP contribution < -0.4 is 5.73 Å². The van der Waals surface area contributed by atoms with Gasteiger partial charge >= 0.3 is 0 Å². The Kier molecular flexibility index (Phi) is 3.31. The molecule has 1 atom stereocenters. The van der Waals surface area contributed by atoms with Crippen molar-refractivity contribution < 1.29 is 0 Å². The van der Waals surface area contributed by atoms with Crippen LogP contribution in [-0.4, -0.2) is 14.8 Å². The van der Waals surface area contributed by atoms with E-state index < -0.39 is 0 Å². The second-order valence-electron chi connectivity index (χ2n) is 4.40. The van der Waals surface area contributed by atoms with E-state index in [1.165, 1.54) is 0 Å². The number of hydrogen-bond donors (Lipinski definition) is 1. The van der Waals surface area contributed by atoms with Gasteiger partial charge in [-0.25, -0.2) is 4.98 Å². The molecule has 0 fully saturated rings. The second kappa shape index (κ2) is 4.58. The monoisotopic (exact) mass is 250 g/mol. The number of nitrogens with zero attached hydrogens (tertiary/aromatic N) is 3. The Hall–Kier alpha value is -1.20. The molecule has 0 radical (unpaired) electrons. The molecule has 4 nitrogen and oxygen atoms in total. The minimum atomic E-state index is -0.0192. The summed E-state index contributed by atoms with van der Waals surface area (Å²) in [4.78, 5) is 4.45. The van der Waals surface area contributed by atoms with Gasteiger partial charge in [-0.3, -0.25) is 4.68 Å². The molecule has 2 aromatic rings. The zero-order chi connectivity index (χ0) is 12.6. The SMILES string of the molecule is Cc1csc(CC(N)c2c(C)nn(C)c2C)n1. The molecule has 2 heterocycles. The van der Waals surface area contributed by atoms with Crippen LogP contribution in [0.5, 0.6) is 0 Å². The average molecular weight is 250 g/mol. The minimum absolute atomic E-state index is 0.0192. The Labute approximate surface area is 105 Å². The lowest BCUT2D eigenvalue weighted by atomic mass is 10.0. The molecule has 2 N–H and O–H groups in total. The van der Waals surface area contributed by atoms with Crippen LogP contribution in [0, 0.1) is 20.8 Å². The molecular weight excluding hydrogens is 232 g/mol. The fourth-order valence-corrected chi connectivity index (χ4v) is 2.95. The molecule has 1 unspecified atom stereocenters. The summed E-state index contributed by atoms with van der Waals surface area (Å²) in [5.41, 5.74) is 10.6. The van der Waals surface area contributed by atoms with Gasteiger partial charge in [0.25, 0.3) is 0 Å². The summed E-state index contributed by atoms with van der Waals surface area (Å²) < 4.78 is 1.89. The molecule has 0 aromatic carbocycles. The van der Waals surface area contributed by atoms with E-state index in [2.05, 4.69) is 22.4 Å². The first-order chi connectivity index (χ1) is 7.99. The van der Waals surface area contributed by atoms with Crippen molar-refractivity contribution in [3.8, 4) is 0 Å². The van der Waals surface area contributed by atoms with Gasteiger partial charge < -0.3 is 5.73 Å². The Bertz CT molecular complexity index is 527. The Morgan fingerprint density at radius 2 is 2.12 bits per heavy atom. The topological polar surface area (TPSA) is 56.7 Å². The third-order valence-electron chi connectivity index (χ3n) is 3.00. The van der Waals surface area contributed by atoms with Gasteiger partial charge in [-0.1, -0.05) is 0 Å². The highest BCUT2D eigenvalue weighted by molar-refractivity contribution is 7.09. The molecule has 2 aromatic heterocycles. The Morgan fingerprint density at radius 3 is 2.59 bits per heavy atom. The highest BCUT2D eigenvalue weighted by Gasteiger charge is 2.18. The first-order valence-corrected chi connectivity index (χ1v) is 6.53. The number of hydrogen-bond acceptors (Lipinski definition) is 4. The normalized spacial score (nSPS) is 13.0. The van der Waals surface area contributed by atoms with Crippen LogP contribution in [0.4, 0.5) is 0 Å². The van der Waals surface area contributed by atoms with Crippen molar-refractivity contribution in [3.63, 3.8) is 0 Å². The van der Waals surface area contributed by atoms with Gasteiger partial charge in [-0.05, 0) is 20.8 Å². The Balaban J connectivity index is 2.22. The Morgan fingerprint density at radius 1 is 1.41 bits per heavy atom. The maximum Gasteiger partial charge on any atom is 0.0947 e. The van der Waals surface area contributed by atoms with Gasteiger partial charge in [-0.2, -0.15) is 5.10 Å². The first-order valence-electron chi connectivity index (χ1n) is 5.65. The third kappa shape index (κ3) is 2.40. The molecule has 0 saturated heterocycles. The molecule has 0 saturated carbocycles. The minimum Gasteiger partial charge on any atom is -0.323 e. The molecule has 0 spiro atoms. The van der Waals surface area contributed by atoms with Crippen molar-refractivity contribution in [1.82, 2.24) is 14.8 Å². The molecule has 17 heavy (non-hydrogen) atoms. The predicted octanol–water partition coefficient (Wildman–Crippen LogP) is 2.04. The maximum atomic E-state index is 6.26. The fourth-order valence-electron chi connectivity index (χ4n) is 2.11. The molecule has 0 aliphatic heterocycles. The lowest BCUT2D eigenvalue weighted by Gasteiger charge is -2.10. The van der Waals surface area contributed by atoms with Crippen molar-refractivity contribution in [3.05, 3.63) is 33.0 Å². The summed E-state index contributed by atoms with van der Waals surface area (Å²) in [7, 11) is 1.95. The van der Waals surface area contributed by atoms with Crippen LogP contribution in [0.3, 0.4) is 0 Å². The van der Waals surface area contributed by atoms with E-state index in [4.69, 9.17) is 5.73 Å². The van der Waals surface area contributed by atoms with E-state index in [1.54, 1.807) is 11.3 Å². The number of rotatable bonds is 3. The number of nitrogens with two attached hydrogens (primary N) is 1. The predicted molar refractivity (Wildman–Crippen MR) is 70.2 cm³/mol. The maximum absolute atomic E-state index is 6.26. The van der Waals surface area contributed by atoms with Crippen LogP contribution in [-0.2, 0) is 13.5 Å². The molecule has 0 bridgehead atoms. The van der Waals surface area contributed by atoms with E-state index in [-0.39, 0.29) is 6.04 Å². The quantitative estimate of drug-likeness (QED) is 0.907. The highest BCUT2D eigenvalue weighted by Crippen LogP contribution is 2.23. The van der Waals surface area contributed by atoms with Gasteiger partial charge in [0.05, 0.1) is 10.7 Å². The highest BCUT2D eigenvalue weighted by atomic mass is 32.1. The molecule has 5 heteroatoms. The molecular formula is C12H18N4S. The summed E-state index contributed by atoms with van der Waals surface area (Å²) >= 11 is 1.67. The summed E-state index contributed by atoms with van der Waals surface area (Å²) in [6.45, 7) is 6.07. The number of aromatic nitrogens is 3.